The highest BCUT2D eigenvalue weighted by molar-refractivity contribution is 4.61. The van der Waals surface area contributed by atoms with Crippen molar-refractivity contribution in [3.63, 3.8) is 0 Å². The number of methoxy groups -OCH3 is 1. The smallest absolute Gasteiger partial charge is 0.0589 e. The van der Waals surface area contributed by atoms with Crippen molar-refractivity contribution in [2.24, 2.45) is 0 Å². The Morgan fingerprint density at radius 1 is 1.55 bits per heavy atom. The fourth-order valence-electron chi connectivity index (χ4n) is 0.897. The summed E-state index contributed by atoms with van der Waals surface area (Å²) >= 11 is 0. The first-order chi connectivity index (χ1) is 5.20. The van der Waals surface area contributed by atoms with E-state index >= 15 is 0 Å². The van der Waals surface area contributed by atoms with Crippen LogP contribution in [0.1, 0.15) is 6.92 Å². The van der Waals surface area contributed by atoms with Crippen molar-refractivity contribution in [2.75, 3.05) is 40.9 Å². The highest BCUT2D eigenvalue weighted by Crippen LogP contribution is 1.86. The van der Waals surface area contributed by atoms with Gasteiger partial charge in [0.1, 0.15) is 0 Å². The van der Waals surface area contributed by atoms with E-state index in [4.69, 9.17) is 4.74 Å². The summed E-state index contributed by atoms with van der Waals surface area (Å²) in [5, 5.41) is 3.19. The Morgan fingerprint density at radius 3 is 2.64 bits per heavy atom. The Balaban J connectivity index is 3.27. The zero-order chi connectivity index (χ0) is 8.69. The van der Waals surface area contributed by atoms with Gasteiger partial charge in [0.15, 0.2) is 0 Å². The first kappa shape index (κ1) is 10.9. The van der Waals surface area contributed by atoms with E-state index in [2.05, 4.69) is 24.2 Å². The van der Waals surface area contributed by atoms with Gasteiger partial charge in [0.05, 0.1) is 6.61 Å². The minimum absolute atomic E-state index is 0.553. The zero-order valence-corrected chi connectivity index (χ0v) is 8.05. The highest BCUT2D eigenvalue weighted by atomic mass is 16.5. The molecule has 0 saturated heterocycles. The second-order valence-corrected chi connectivity index (χ2v) is 2.94. The Labute approximate surface area is 69.7 Å². The molecule has 0 spiro atoms. The summed E-state index contributed by atoms with van der Waals surface area (Å²) in [5.41, 5.74) is 0. The van der Waals surface area contributed by atoms with Gasteiger partial charge in [-0.2, -0.15) is 0 Å². The number of likely N-dealkylation sites (N-methyl/N-ethyl adjacent to an activating group) is 2. The summed E-state index contributed by atoms with van der Waals surface area (Å²) in [6.07, 6.45) is 0. The number of hydrogen-bond acceptors (Lipinski definition) is 3. The third-order valence-electron chi connectivity index (χ3n) is 1.76. The lowest BCUT2D eigenvalue weighted by Gasteiger charge is -2.20. The van der Waals surface area contributed by atoms with Crippen molar-refractivity contribution in [3.8, 4) is 0 Å². The Kier molecular flexibility index (Phi) is 6.51. The molecule has 1 unspecified atom stereocenters. The van der Waals surface area contributed by atoms with E-state index in [9.17, 15) is 0 Å². The van der Waals surface area contributed by atoms with Gasteiger partial charge in [-0.15, -0.1) is 0 Å². The van der Waals surface area contributed by atoms with Crippen molar-refractivity contribution < 1.29 is 4.74 Å². The monoisotopic (exact) mass is 160 g/mol. The molecular formula is C8H20N2O. The quantitative estimate of drug-likeness (QED) is 0.599. The molecule has 11 heavy (non-hydrogen) atoms. The van der Waals surface area contributed by atoms with Crippen molar-refractivity contribution in [1.82, 2.24) is 10.2 Å². The average molecular weight is 160 g/mol. The van der Waals surface area contributed by atoms with E-state index in [1.807, 2.05) is 7.05 Å². The van der Waals surface area contributed by atoms with Crippen LogP contribution in [0.25, 0.3) is 0 Å². The van der Waals surface area contributed by atoms with Gasteiger partial charge >= 0.3 is 0 Å². The minimum atomic E-state index is 0.553. The number of ether oxygens (including phenoxy) is 1. The summed E-state index contributed by atoms with van der Waals surface area (Å²) in [4.78, 5) is 2.25. The summed E-state index contributed by atoms with van der Waals surface area (Å²) in [5.74, 6) is 0. The molecule has 1 N–H and O–H groups in total. The Hall–Kier alpha value is -0.120. The molecule has 0 bridgehead atoms. The number of rotatable bonds is 6. The van der Waals surface area contributed by atoms with Crippen molar-refractivity contribution in [3.05, 3.63) is 0 Å². The molecule has 0 aliphatic heterocycles. The van der Waals surface area contributed by atoms with Crippen molar-refractivity contribution >= 4 is 0 Å². The third-order valence-corrected chi connectivity index (χ3v) is 1.76. The fourth-order valence-corrected chi connectivity index (χ4v) is 0.897. The molecule has 0 amide bonds. The fraction of sp³-hybridized carbons (Fsp3) is 1.00. The molecule has 68 valence electrons. The first-order valence-corrected chi connectivity index (χ1v) is 4.05. The normalized spacial score (nSPS) is 13.9. The van der Waals surface area contributed by atoms with Crippen LogP contribution in [0.15, 0.2) is 0 Å². The van der Waals surface area contributed by atoms with E-state index in [1.165, 1.54) is 0 Å². The molecule has 0 heterocycles. The van der Waals surface area contributed by atoms with Crippen LogP contribution in [-0.4, -0.2) is 51.8 Å². The lowest BCUT2D eigenvalue weighted by atomic mass is 10.3. The Bertz CT molecular complexity index is 88.2. The molecule has 0 saturated carbocycles. The lowest BCUT2D eigenvalue weighted by molar-refractivity contribution is 0.157. The van der Waals surface area contributed by atoms with E-state index in [1.54, 1.807) is 7.11 Å². The van der Waals surface area contributed by atoms with Crippen molar-refractivity contribution in [1.29, 1.82) is 0 Å². The lowest BCUT2D eigenvalue weighted by Crippen LogP contribution is -2.36. The van der Waals surface area contributed by atoms with Crippen molar-refractivity contribution in [2.45, 2.75) is 13.0 Å². The van der Waals surface area contributed by atoms with Gasteiger partial charge in [0, 0.05) is 26.2 Å². The molecule has 1 atom stereocenters. The van der Waals surface area contributed by atoms with Gasteiger partial charge in [0.2, 0.25) is 0 Å². The van der Waals surface area contributed by atoms with E-state index in [0.717, 1.165) is 19.7 Å². The molecule has 0 rings (SSSR count). The van der Waals surface area contributed by atoms with Crippen LogP contribution >= 0.6 is 0 Å². The molecule has 3 heteroatoms. The third kappa shape index (κ3) is 6.28. The van der Waals surface area contributed by atoms with Gasteiger partial charge in [-0.25, -0.2) is 0 Å². The van der Waals surface area contributed by atoms with Crippen LogP contribution in [0, 0.1) is 0 Å². The van der Waals surface area contributed by atoms with Crippen LogP contribution < -0.4 is 5.32 Å². The Morgan fingerprint density at radius 2 is 2.18 bits per heavy atom. The largest absolute Gasteiger partial charge is 0.383 e. The maximum Gasteiger partial charge on any atom is 0.0589 e. The van der Waals surface area contributed by atoms with Crippen LogP contribution in [0.3, 0.4) is 0 Å². The van der Waals surface area contributed by atoms with Crippen LogP contribution in [0.4, 0.5) is 0 Å². The number of hydrogen-bond donors (Lipinski definition) is 1. The first-order valence-electron chi connectivity index (χ1n) is 4.05. The molecule has 0 aromatic heterocycles. The molecular weight excluding hydrogens is 140 g/mol. The predicted molar refractivity (Wildman–Crippen MR) is 47.9 cm³/mol. The molecule has 0 aromatic carbocycles. The molecule has 3 nitrogen and oxygen atoms in total. The highest BCUT2D eigenvalue weighted by Gasteiger charge is 2.02. The molecule has 0 fully saturated rings. The number of nitrogens with one attached hydrogen (secondary N) is 1. The standard InChI is InChI=1S/C8H20N2O/c1-8(9-2)7-10(3)5-6-11-4/h8-9H,5-7H2,1-4H3. The maximum absolute atomic E-state index is 4.97. The van der Waals surface area contributed by atoms with E-state index < -0.39 is 0 Å². The topological polar surface area (TPSA) is 24.5 Å². The predicted octanol–water partition coefficient (Wildman–Crippen LogP) is 0.173. The second kappa shape index (κ2) is 6.58. The minimum Gasteiger partial charge on any atom is -0.383 e. The molecule has 0 aromatic rings. The molecule has 0 radical (unpaired) electrons. The molecule has 0 aliphatic rings. The van der Waals surface area contributed by atoms with E-state index in [-0.39, 0.29) is 0 Å². The SMILES string of the molecule is CNC(C)CN(C)CCOC. The maximum atomic E-state index is 4.97. The van der Waals surface area contributed by atoms with Crippen LogP contribution in [0.5, 0.6) is 0 Å². The van der Waals surface area contributed by atoms with Gasteiger partial charge in [-0.1, -0.05) is 0 Å². The number of nitrogens with zero attached hydrogens (tertiary/aromatic N) is 1. The van der Waals surface area contributed by atoms with Gasteiger partial charge in [-0.05, 0) is 21.0 Å². The van der Waals surface area contributed by atoms with Gasteiger partial charge < -0.3 is 15.0 Å². The molecule has 0 aliphatic carbocycles. The van der Waals surface area contributed by atoms with E-state index in [0.29, 0.717) is 6.04 Å². The summed E-state index contributed by atoms with van der Waals surface area (Å²) in [6, 6.07) is 0.553. The average Bonchev–Trinajstić information content (AvgIpc) is 2.00. The van der Waals surface area contributed by atoms with Crippen LogP contribution in [0.2, 0.25) is 0 Å². The zero-order valence-electron chi connectivity index (χ0n) is 8.05. The van der Waals surface area contributed by atoms with Crippen LogP contribution in [-0.2, 0) is 4.74 Å². The second-order valence-electron chi connectivity index (χ2n) is 2.94. The summed E-state index contributed by atoms with van der Waals surface area (Å²) < 4.78 is 4.97. The van der Waals surface area contributed by atoms with Gasteiger partial charge in [-0.3, -0.25) is 0 Å². The summed E-state index contributed by atoms with van der Waals surface area (Å²) in [6.45, 7) is 5.05. The van der Waals surface area contributed by atoms with Gasteiger partial charge in [0.25, 0.3) is 0 Å². The summed E-state index contributed by atoms with van der Waals surface area (Å²) in [7, 11) is 5.82.